The van der Waals surface area contributed by atoms with E-state index in [1.165, 1.54) is 0 Å². The van der Waals surface area contributed by atoms with Crippen molar-refractivity contribution in [1.29, 1.82) is 0 Å². The number of hydrogen-bond donors (Lipinski definition) is 1. The van der Waals surface area contributed by atoms with Gasteiger partial charge < -0.3 is 5.32 Å². The zero-order chi connectivity index (χ0) is 17.3. The lowest BCUT2D eigenvalue weighted by atomic mass is 10.1. The summed E-state index contributed by atoms with van der Waals surface area (Å²) in [5, 5.41) is 7.42. The fourth-order valence-corrected chi connectivity index (χ4v) is 2.61. The molecule has 5 heteroatoms. The number of aryl methyl sites for hydroxylation is 3. The van der Waals surface area contributed by atoms with E-state index in [1.807, 2.05) is 50.2 Å². The van der Waals surface area contributed by atoms with Gasteiger partial charge in [-0.3, -0.25) is 14.3 Å². The predicted molar refractivity (Wildman–Crippen MR) is 94.1 cm³/mol. The molecule has 1 aromatic heterocycles. The smallest absolute Gasteiger partial charge is 0.276 e. The zero-order valence-electron chi connectivity index (χ0n) is 14.0. The van der Waals surface area contributed by atoms with Gasteiger partial charge in [0.15, 0.2) is 5.69 Å². The maximum atomic E-state index is 12.6. The Morgan fingerprint density at radius 3 is 2.46 bits per heavy atom. The molecule has 3 rings (SSSR count). The van der Waals surface area contributed by atoms with Crippen molar-refractivity contribution in [3.63, 3.8) is 0 Å². The van der Waals surface area contributed by atoms with Crippen LogP contribution in [0.5, 0.6) is 0 Å². The second kappa shape index (κ2) is 6.28. The van der Waals surface area contributed by atoms with Crippen LogP contribution in [0.15, 0.2) is 47.3 Å². The third kappa shape index (κ3) is 3.06. The first kappa shape index (κ1) is 15.9. The first-order valence-electron chi connectivity index (χ1n) is 7.77. The molecule has 2 aromatic carbocycles. The van der Waals surface area contributed by atoms with Gasteiger partial charge in [-0.25, -0.2) is 0 Å². The Morgan fingerprint density at radius 1 is 1.08 bits per heavy atom. The number of nitrogens with one attached hydrogen (secondary N) is 1. The topological polar surface area (TPSA) is 64.0 Å². The molecule has 0 saturated heterocycles. The van der Waals surface area contributed by atoms with Crippen LogP contribution in [-0.2, 0) is 13.6 Å². The van der Waals surface area contributed by atoms with E-state index in [2.05, 4.69) is 10.4 Å². The number of carbonyl (C=O) groups excluding carboxylic acids is 1. The van der Waals surface area contributed by atoms with E-state index >= 15 is 0 Å². The molecule has 0 unspecified atom stereocenters. The van der Waals surface area contributed by atoms with Gasteiger partial charge in [-0.15, -0.1) is 0 Å². The van der Waals surface area contributed by atoms with Gasteiger partial charge in [0.05, 0.1) is 10.9 Å². The molecule has 3 aromatic rings. The van der Waals surface area contributed by atoms with Crippen molar-refractivity contribution >= 4 is 16.8 Å². The molecule has 0 radical (unpaired) electrons. The normalized spacial score (nSPS) is 10.8. The standard InChI is InChI=1S/C19H19N3O2/c1-12-4-7-14(8-5-12)11-20-19(24)17-18(23)15-10-13(2)6-9-16(15)22(3)21-17/h4-10H,11H2,1-3H3,(H,20,24). The third-order valence-corrected chi connectivity index (χ3v) is 4.00. The minimum Gasteiger partial charge on any atom is -0.346 e. The second-order valence-electron chi connectivity index (χ2n) is 5.99. The summed E-state index contributed by atoms with van der Waals surface area (Å²) < 4.78 is 1.57. The number of amides is 1. The lowest BCUT2D eigenvalue weighted by Crippen LogP contribution is -2.31. The molecule has 0 saturated carbocycles. The molecule has 0 spiro atoms. The van der Waals surface area contributed by atoms with Gasteiger partial charge in [-0.05, 0) is 31.5 Å². The van der Waals surface area contributed by atoms with Crippen molar-refractivity contribution in [2.75, 3.05) is 0 Å². The number of benzene rings is 2. The molecule has 24 heavy (non-hydrogen) atoms. The molecule has 0 fully saturated rings. The van der Waals surface area contributed by atoms with Crippen molar-refractivity contribution in [3.8, 4) is 0 Å². The van der Waals surface area contributed by atoms with E-state index in [-0.39, 0.29) is 11.1 Å². The highest BCUT2D eigenvalue weighted by Gasteiger charge is 2.16. The van der Waals surface area contributed by atoms with Crippen LogP contribution in [0.2, 0.25) is 0 Å². The molecule has 0 aliphatic rings. The summed E-state index contributed by atoms with van der Waals surface area (Å²) >= 11 is 0. The maximum absolute atomic E-state index is 12.6. The number of rotatable bonds is 3. The summed E-state index contributed by atoms with van der Waals surface area (Å²) in [5.74, 6) is -0.459. The van der Waals surface area contributed by atoms with E-state index in [9.17, 15) is 9.59 Å². The third-order valence-electron chi connectivity index (χ3n) is 4.00. The molecule has 0 bridgehead atoms. The van der Waals surface area contributed by atoms with E-state index in [4.69, 9.17) is 0 Å². The lowest BCUT2D eigenvalue weighted by molar-refractivity contribution is 0.0943. The van der Waals surface area contributed by atoms with Gasteiger partial charge >= 0.3 is 0 Å². The maximum Gasteiger partial charge on any atom is 0.276 e. The highest BCUT2D eigenvalue weighted by molar-refractivity contribution is 5.95. The number of hydrogen-bond acceptors (Lipinski definition) is 3. The Labute approximate surface area is 139 Å². The Bertz CT molecular complexity index is 972. The fourth-order valence-electron chi connectivity index (χ4n) is 2.61. The molecule has 0 aliphatic carbocycles. The lowest BCUT2D eigenvalue weighted by Gasteiger charge is -2.09. The highest BCUT2D eigenvalue weighted by Crippen LogP contribution is 2.11. The number of carbonyl (C=O) groups is 1. The first-order valence-corrected chi connectivity index (χ1v) is 7.77. The minimum atomic E-state index is -0.459. The van der Waals surface area contributed by atoms with Crippen LogP contribution < -0.4 is 10.7 Å². The zero-order valence-corrected chi connectivity index (χ0v) is 14.0. The highest BCUT2D eigenvalue weighted by atomic mass is 16.2. The molecule has 5 nitrogen and oxygen atoms in total. The first-order chi connectivity index (χ1) is 11.5. The van der Waals surface area contributed by atoms with Crippen LogP contribution in [0.3, 0.4) is 0 Å². The summed E-state index contributed by atoms with van der Waals surface area (Å²) in [7, 11) is 1.73. The Hall–Kier alpha value is -2.95. The minimum absolute atomic E-state index is 0.0808. The molecule has 0 aliphatic heterocycles. The number of nitrogens with zero attached hydrogens (tertiary/aromatic N) is 2. The van der Waals surface area contributed by atoms with Crippen LogP contribution in [0.4, 0.5) is 0 Å². The second-order valence-corrected chi connectivity index (χ2v) is 5.99. The largest absolute Gasteiger partial charge is 0.346 e. The number of fused-ring (bicyclic) bond motifs is 1. The average molecular weight is 321 g/mol. The van der Waals surface area contributed by atoms with Gasteiger partial charge in [0.1, 0.15) is 0 Å². The van der Waals surface area contributed by atoms with Crippen molar-refractivity contribution in [3.05, 3.63) is 75.1 Å². The Balaban J connectivity index is 1.91. The summed E-state index contributed by atoms with van der Waals surface area (Å²) in [6.45, 7) is 4.28. The molecular formula is C19H19N3O2. The van der Waals surface area contributed by atoms with Crippen molar-refractivity contribution in [2.24, 2.45) is 7.05 Å². The fraction of sp³-hybridized carbons (Fsp3) is 0.211. The van der Waals surface area contributed by atoms with Crippen molar-refractivity contribution in [1.82, 2.24) is 15.1 Å². The van der Waals surface area contributed by atoms with Crippen LogP contribution >= 0.6 is 0 Å². The SMILES string of the molecule is Cc1ccc(CNC(=O)c2nn(C)c3ccc(C)cc3c2=O)cc1. The average Bonchev–Trinajstić information content (AvgIpc) is 2.57. The summed E-state index contributed by atoms with van der Waals surface area (Å²) in [5.41, 5.74) is 3.39. The molecule has 1 amide bonds. The van der Waals surface area contributed by atoms with Gasteiger partial charge in [0.2, 0.25) is 5.43 Å². The van der Waals surface area contributed by atoms with Gasteiger partial charge in [0, 0.05) is 13.6 Å². The summed E-state index contributed by atoms with van der Waals surface area (Å²) in [4.78, 5) is 25.0. The monoisotopic (exact) mass is 321 g/mol. The van der Waals surface area contributed by atoms with Crippen LogP contribution in [0.25, 0.3) is 10.9 Å². The molecule has 122 valence electrons. The van der Waals surface area contributed by atoms with Gasteiger partial charge in [-0.1, -0.05) is 41.5 Å². The van der Waals surface area contributed by atoms with E-state index in [0.29, 0.717) is 17.4 Å². The van der Waals surface area contributed by atoms with Gasteiger partial charge in [-0.2, -0.15) is 5.10 Å². The predicted octanol–water partition coefficient (Wildman–Crippen LogP) is 2.48. The Morgan fingerprint density at radius 2 is 1.75 bits per heavy atom. The van der Waals surface area contributed by atoms with Crippen LogP contribution in [0, 0.1) is 13.8 Å². The molecule has 1 N–H and O–H groups in total. The molecule has 0 atom stereocenters. The van der Waals surface area contributed by atoms with E-state index in [0.717, 1.165) is 16.7 Å². The van der Waals surface area contributed by atoms with Crippen LogP contribution in [-0.4, -0.2) is 15.7 Å². The van der Waals surface area contributed by atoms with Gasteiger partial charge in [0.25, 0.3) is 5.91 Å². The van der Waals surface area contributed by atoms with Crippen molar-refractivity contribution in [2.45, 2.75) is 20.4 Å². The number of aromatic nitrogens is 2. The van der Waals surface area contributed by atoms with Crippen LogP contribution in [0.1, 0.15) is 27.2 Å². The Kier molecular flexibility index (Phi) is 4.16. The quantitative estimate of drug-likeness (QED) is 0.806. The molecular weight excluding hydrogens is 302 g/mol. The molecule has 1 heterocycles. The van der Waals surface area contributed by atoms with E-state index in [1.54, 1.807) is 17.8 Å². The van der Waals surface area contributed by atoms with E-state index < -0.39 is 5.91 Å². The van der Waals surface area contributed by atoms with Crippen molar-refractivity contribution < 1.29 is 4.79 Å². The summed E-state index contributed by atoms with van der Waals surface area (Å²) in [6.07, 6.45) is 0. The summed E-state index contributed by atoms with van der Waals surface area (Å²) in [6, 6.07) is 13.4.